The summed E-state index contributed by atoms with van der Waals surface area (Å²) in [7, 11) is 0. The van der Waals surface area contributed by atoms with Crippen LogP contribution in [0.3, 0.4) is 0 Å². The molecule has 9 heteroatoms. The third-order valence-electron chi connectivity index (χ3n) is 3.44. The Labute approximate surface area is 156 Å². The highest BCUT2D eigenvalue weighted by molar-refractivity contribution is 9.10. The summed E-state index contributed by atoms with van der Waals surface area (Å²) in [6.45, 7) is 1.55. The molecule has 0 fully saturated rings. The van der Waals surface area contributed by atoms with E-state index in [0.29, 0.717) is 10.9 Å². The van der Waals surface area contributed by atoms with E-state index >= 15 is 0 Å². The maximum absolute atomic E-state index is 14.2. The molecule has 0 aliphatic carbocycles. The van der Waals surface area contributed by atoms with Gasteiger partial charge in [0, 0.05) is 4.47 Å². The molecule has 0 bridgehead atoms. The zero-order chi connectivity index (χ0) is 19.3. The van der Waals surface area contributed by atoms with Crippen LogP contribution in [0.5, 0.6) is 0 Å². The average molecular weight is 433 g/mol. The summed E-state index contributed by atoms with van der Waals surface area (Å²) in [5.74, 6) is -4.15. The monoisotopic (exact) mass is 432 g/mol. The molecule has 0 aliphatic heterocycles. The van der Waals surface area contributed by atoms with Gasteiger partial charge in [0.25, 0.3) is 5.91 Å². The van der Waals surface area contributed by atoms with E-state index in [1.54, 1.807) is 6.92 Å². The molecule has 1 amide bonds. The fraction of sp³-hybridized carbons (Fsp3) is 0.235. The third kappa shape index (κ3) is 4.96. The standard InChI is InChI=1S/C17H16BrF3N2O3/c1-2-10(24)8-26-23-17(25)11-4-5-12(19)15(21)16(11)22-14-6-3-9(18)7-13(14)20/h3-7,10,22,24H,2,8H2,1H3,(H,23,25). The second kappa shape index (κ2) is 9.02. The number of benzene rings is 2. The van der Waals surface area contributed by atoms with Crippen molar-refractivity contribution >= 4 is 33.2 Å². The van der Waals surface area contributed by atoms with E-state index in [0.717, 1.165) is 18.2 Å². The number of carbonyl (C=O) groups is 1. The lowest BCUT2D eigenvalue weighted by Crippen LogP contribution is -2.29. The number of halogens is 4. The Morgan fingerprint density at radius 3 is 2.62 bits per heavy atom. The van der Waals surface area contributed by atoms with Crippen molar-refractivity contribution in [2.75, 3.05) is 11.9 Å². The highest BCUT2D eigenvalue weighted by Crippen LogP contribution is 2.29. The van der Waals surface area contributed by atoms with Crippen LogP contribution in [-0.4, -0.2) is 23.7 Å². The molecule has 140 valence electrons. The van der Waals surface area contributed by atoms with Crippen molar-refractivity contribution in [1.82, 2.24) is 5.48 Å². The number of hydrogen-bond acceptors (Lipinski definition) is 4. The number of anilines is 2. The molecule has 26 heavy (non-hydrogen) atoms. The minimum atomic E-state index is -1.34. The Balaban J connectivity index is 2.27. The highest BCUT2D eigenvalue weighted by Gasteiger charge is 2.20. The number of carbonyl (C=O) groups excluding carboxylic acids is 1. The topological polar surface area (TPSA) is 70.6 Å². The quantitative estimate of drug-likeness (QED) is 0.577. The van der Waals surface area contributed by atoms with E-state index in [-0.39, 0.29) is 17.9 Å². The van der Waals surface area contributed by atoms with Gasteiger partial charge in [0.2, 0.25) is 0 Å². The molecule has 3 N–H and O–H groups in total. The Hall–Kier alpha value is -2.10. The van der Waals surface area contributed by atoms with Crippen molar-refractivity contribution < 1.29 is 27.9 Å². The lowest BCUT2D eigenvalue weighted by Gasteiger charge is -2.15. The number of hydrogen-bond donors (Lipinski definition) is 3. The van der Waals surface area contributed by atoms with Gasteiger partial charge in [0.15, 0.2) is 11.6 Å². The second-order valence-corrected chi connectivity index (χ2v) is 6.25. The summed E-state index contributed by atoms with van der Waals surface area (Å²) in [5.41, 5.74) is 1.05. The van der Waals surface area contributed by atoms with Crippen molar-refractivity contribution in [3.05, 3.63) is 57.8 Å². The van der Waals surface area contributed by atoms with Crippen LogP contribution in [0.15, 0.2) is 34.8 Å². The van der Waals surface area contributed by atoms with Crippen molar-refractivity contribution in [3.63, 3.8) is 0 Å². The molecule has 0 saturated heterocycles. The first-order valence-electron chi connectivity index (χ1n) is 7.63. The zero-order valence-electron chi connectivity index (χ0n) is 13.7. The van der Waals surface area contributed by atoms with Crippen LogP contribution in [0.2, 0.25) is 0 Å². The Bertz CT molecular complexity index is 805. The molecule has 0 saturated carbocycles. The SMILES string of the molecule is CCC(O)CONC(=O)c1ccc(F)c(F)c1Nc1ccc(Br)cc1F. The first-order chi connectivity index (χ1) is 12.3. The molecule has 2 rings (SSSR count). The number of aliphatic hydroxyl groups is 1. The van der Waals surface area contributed by atoms with Gasteiger partial charge in [-0.05, 0) is 36.8 Å². The van der Waals surface area contributed by atoms with Gasteiger partial charge in [-0.3, -0.25) is 9.63 Å². The van der Waals surface area contributed by atoms with E-state index in [2.05, 4.69) is 21.2 Å². The van der Waals surface area contributed by atoms with Crippen molar-refractivity contribution in [1.29, 1.82) is 0 Å². The van der Waals surface area contributed by atoms with Crippen LogP contribution in [0.25, 0.3) is 0 Å². The molecular formula is C17H16BrF3N2O3. The minimum Gasteiger partial charge on any atom is -0.391 e. The first-order valence-corrected chi connectivity index (χ1v) is 8.43. The maximum Gasteiger partial charge on any atom is 0.277 e. The van der Waals surface area contributed by atoms with Crippen LogP contribution < -0.4 is 10.8 Å². The second-order valence-electron chi connectivity index (χ2n) is 5.34. The van der Waals surface area contributed by atoms with Gasteiger partial charge in [-0.15, -0.1) is 0 Å². The number of aliphatic hydroxyl groups excluding tert-OH is 1. The molecule has 0 heterocycles. The van der Waals surface area contributed by atoms with Gasteiger partial charge in [0.1, 0.15) is 12.4 Å². The average Bonchev–Trinajstić information content (AvgIpc) is 2.60. The Morgan fingerprint density at radius 1 is 1.23 bits per heavy atom. The summed E-state index contributed by atoms with van der Waals surface area (Å²) in [6, 6.07) is 5.74. The Morgan fingerprint density at radius 2 is 1.96 bits per heavy atom. The van der Waals surface area contributed by atoms with Crippen LogP contribution in [0, 0.1) is 17.5 Å². The lowest BCUT2D eigenvalue weighted by molar-refractivity contribution is -0.0133. The highest BCUT2D eigenvalue weighted by atomic mass is 79.9. The van der Waals surface area contributed by atoms with E-state index in [1.165, 1.54) is 12.1 Å². The van der Waals surface area contributed by atoms with Gasteiger partial charge < -0.3 is 10.4 Å². The summed E-state index contributed by atoms with van der Waals surface area (Å²) in [4.78, 5) is 17.0. The smallest absolute Gasteiger partial charge is 0.277 e. The molecule has 5 nitrogen and oxygen atoms in total. The van der Waals surface area contributed by atoms with E-state index in [9.17, 15) is 23.1 Å². The summed E-state index contributed by atoms with van der Waals surface area (Å²) >= 11 is 3.09. The van der Waals surface area contributed by atoms with Crippen LogP contribution in [-0.2, 0) is 4.84 Å². The molecule has 1 atom stereocenters. The largest absolute Gasteiger partial charge is 0.391 e. The molecule has 2 aromatic carbocycles. The first kappa shape index (κ1) is 20.2. The molecule has 0 spiro atoms. The van der Waals surface area contributed by atoms with Crippen LogP contribution in [0.4, 0.5) is 24.5 Å². The number of hydroxylamine groups is 1. The number of rotatable bonds is 7. The molecule has 1 unspecified atom stereocenters. The number of nitrogens with one attached hydrogen (secondary N) is 2. The van der Waals surface area contributed by atoms with Crippen LogP contribution >= 0.6 is 15.9 Å². The van der Waals surface area contributed by atoms with Crippen molar-refractivity contribution in [2.45, 2.75) is 19.4 Å². The van der Waals surface area contributed by atoms with Gasteiger partial charge >= 0.3 is 0 Å². The Kier molecular flexibility index (Phi) is 7.01. The zero-order valence-corrected chi connectivity index (χ0v) is 15.2. The lowest BCUT2D eigenvalue weighted by atomic mass is 10.1. The molecule has 0 radical (unpaired) electrons. The summed E-state index contributed by atoms with van der Waals surface area (Å²) in [5, 5.41) is 11.8. The predicted octanol–water partition coefficient (Wildman–Crippen LogP) is 4.04. The molecule has 0 aromatic heterocycles. The maximum atomic E-state index is 14.2. The van der Waals surface area contributed by atoms with E-state index in [4.69, 9.17) is 4.84 Å². The fourth-order valence-corrected chi connectivity index (χ4v) is 2.30. The van der Waals surface area contributed by atoms with Crippen LogP contribution in [0.1, 0.15) is 23.7 Å². The molecular weight excluding hydrogens is 417 g/mol. The van der Waals surface area contributed by atoms with Gasteiger partial charge in [-0.25, -0.2) is 18.7 Å². The van der Waals surface area contributed by atoms with Gasteiger partial charge in [-0.2, -0.15) is 0 Å². The molecule has 0 aliphatic rings. The van der Waals surface area contributed by atoms with Crippen molar-refractivity contribution in [3.8, 4) is 0 Å². The third-order valence-corrected chi connectivity index (χ3v) is 3.94. The number of amides is 1. The summed E-state index contributed by atoms with van der Waals surface area (Å²) in [6.07, 6.45) is -0.369. The fourth-order valence-electron chi connectivity index (χ4n) is 1.96. The predicted molar refractivity (Wildman–Crippen MR) is 93.5 cm³/mol. The summed E-state index contributed by atoms with van der Waals surface area (Å²) < 4.78 is 42.2. The normalized spacial score (nSPS) is 11.9. The van der Waals surface area contributed by atoms with Gasteiger partial charge in [0.05, 0.1) is 23.0 Å². The van der Waals surface area contributed by atoms with Crippen molar-refractivity contribution in [2.24, 2.45) is 0 Å². The van der Waals surface area contributed by atoms with Gasteiger partial charge in [-0.1, -0.05) is 22.9 Å². The van der Waals surface area contributed by atoms with E-state index < -0.39 is 35.2 Å². The van der Waals surface area contributed by atoms with E-state index in [1.807, 2.05) is 5.48 Å². The molecule has 2 aromatic rings. The minimum absolute atomic E-state index is 0.144.